The monoisotopic (exact) mass is 237 g/mol. The van der Waals surface area contributed by atoms with E-state index in [1.807, 2.05) is 6.92 Å². The van der Waals surface area contributed by atoms with Crippen molar-refractivity contribution in [1.82, 2.24) is 4.90 Å². The van der Waals surface area contributed by atoms with Gasteiger partial charge in [-0.3, -0.25) is 4.79 Å². The van der Waals surface area contributed by atoms with Crippen LogP contribution in [0.2, 0.25) is 0 Å². The number of hydrogen-bond donors (Lipinski definition) is 2. The van der Waals surface area contributed by atoms with Crippen LogP contribution in [0.5, 0.6) is 11.5 Å². The lowest BCUT2D eigenvalue weighted by atomic mass is 10.0. The van der Waals surface area contributed by atoms with Gasteiger partial charge in [0.05, 0.1) is 6.54 Å². The number of carbonyl (C=O) groups is 1. The van der Waals surface area contributed by atoms with Crippen molar-refractivity contribution in [3.63, 3.8) is 0 Å². The third-order valence-electron chi connectivity index (χ3n) is 2.50. The number of aromatic hydroxyl groups is 2. The van der Waals surface area contributed by atoms with Gasteiger partial charge in [-0.1, -0.05) is 19.4 Å². The zero-order valence-electron chi connectivity index (χ0n) is 10.5. The number of phenolic OH excluding ortho intramolecular Hbond substituents is 2. The van der Waals surface area contributed by atoms with Crippen molar-refractivity contribution in [1.29, 1.82) is 0 Å². The van der Waals surface area contributed by atoms with Crippen molar-refractivity contribution < 1.29 is 15.0 Å². The van der Waals surface area contributed by atoms with Crippen LogP contribution < -0.4 is 0 Å². The molecule has 1 rings (SSSR count). The van der Waals surface area contributed by atoms with Crippen LogP contribution in [0.4, 0.5) is 0 Å². The van der Waals surface area contributed by atoms with E-state index in [0.29, 0.717) is 12.0 Å². The van der Waals surface area contributed by atoms with Crippen molar-refractivity contribution in [2.24, 2.45) is 0 Å². The summed E-state index contributed by atoms with van der Waals surface area (Å²) in [6.07, 6.45) is 1.56. The van der Waals surface area contributed by atoms with Crippen LogP contribution in [0.1, 0.15) is 29.3 Å². The molecule has 0 heterocycles. The van der Waals surface area contributed by atoms with Gasteiger partial charge in [-0.15, -0.1) is 0 Å². The maximum Gasteiger partial charge on any atom is 0.184 e. The van der Waals surface area contributed by atoms with Gasteiger partial charge in [0.2, 0.25) is 0 Å². The van der Waals surface area contributed by atoms with Crippen LogP contribution in [-0.2, 0) is 6.42 Å². The molecule has 0 saturated heterocycles. The number of nitrogens with zero attached hydrogens (tertiary/aromatic N) is 1. The molecule has 0 aliphatic heterocycles. The predicted molar refractivity (Wildman–Crippen MR) is 66.7 cm³/mol. The topological polar surface area (TPSA) is 60.8 Å². The number of carbonyl (C=O) groups excluding carboxylic acids is 1. The number of aryl methyl sites for hydroxylation is 1. The average molecular weight is 237 g/mol. The Hall–Kier alpha value is -1.55. The van der Waals surface area contributed by atoms with E-state index in [9.17, 15) is 15.0 Å². The zero-order valence-corrected chi connectivity index (χ0v) is 10.5. The number of rotatable bonds is 5. The second-order valence-corrected chi connectivity index (χ2v) is 4.38. The summed E-state index contributed by atoms with van der Waals surface area (Å²) >= 11 is 0. The Morgan fingerprint density at radius 1 is 1.29 bits per heavy atom. The molecule has 4 nitrogen and oxygen atoms in total. The SMILES string of the molecule is CCCc1ccc(O)c(C(=O)CN(C)C)c1O. The molecule has 0 amide bonds. The number of ketones is 1. The molecule has 17 heavy (non-hydrogen) atoms. The molecule has 0 unspecified atom stereocenters. The van der Waals surface area contributed by atoms with Crippen LogP contribution in [0.15, 0.2) is 12.1 Å². The fraction of sp³-hybridized carbons (Fsp3) is 0.462. The molecule has 0 atom stereocenters. The van der Waals surface area contributed by atoms with E-state index in [1.165, 1.54) is 6.07 Å². The largest absolute Gasteiger partial charge is 0.507 e. The van der Waals surface area contributed by atoms with Gasteiger partial charge in [-0.05, 0) is 32.1 Å². The van der Waals surface area contributed by atoms with Crippen LogP contribution in [-0.4, -0.2) is 41.5 Å². The first kappa shape index (κ1) is 13.5. The zero-order chi connectivity index (χ0) is 13.0. The summed E-state index contributed by atoms with van der Waals surface area (Å²) in [6.45, 7) is 2.16. The van der Waals surface area contributed by atoms with Gasteiger partial charge in [0.1, 0.15) is 17.1 Å². The third-order valence-corrected chi connectivity index (χ3v) is 2.50. The number of hydrogen-bond acceptors (Lipinski definition) is 4. The minimum atomic E-state index is -0.275. The molecule has 0 saturated carbocycles. The molecule has 94 valence electrons. The van der Waals surface area contributed by atoms with E-state index < -0.39 is 0 Å². The third kappa shape index (κ3) is 3.20. The van der Waals surface area contributed by atoms with Gasteiger partial charge in [0.25, 0.3) is 0 Å². The summed E-state index contributed by atoms with van der Waals surface area (Å²) in [5, 5.41) is 19.7. The molecule has 0 aromatic heterocycles. The Morgan fingerprint density at radius 3 is 2.47 bits per heavy atom. The maximum absolute atomic E-state index is 11.9. The highest BCUT2D eigenvalue weighted by molar-refractivity contribution is 6.02. The lowest BCUT2D eigenvalue weighted by molar-refractivity contribution is 0.0952. The van der Waals surface area contributed by atoms with Crippen LogP contribution in [0, 0.1) is 0 Å². The second kappa shape index (κ2) is 5.68. The molecular formula is C13H19NO3. The highest BCUT2D eigenvalue weighted by Crippen LogP contribution is 2.31. The van der Waals surface area contributed by atoms with Gasteiger partial charge in [0.15, 0.2) is 5.78 Å². The summed E-state index contributed by atoms with van der Waals surface area (Å²) in [5.41, 5.74) is 0.733. The molecular weight excluding hydrogens is 218 g/mol. The molecule has 0 aliphatic rings. The smallest absolute Gasteiger partial charge is 0.184 e. The predicted octanol–water partition coefficient (Wildman–Crippen LogP) is 1.79. The fourth-order valence-electron chi connectivity index (χ4n) is 1.74. The van der Waals surface area contributed by atoms with E-state index in [0.717, 1.165) is 6.42 Å². The first-order valence-electron chi connectivity index (χ1n) is 5.69. The number of benzene rings is 1. The Morgan fingerprint density at radius 2 is 1.94 bits per heavy atom. The molecule has 0 fully saturated rings. The van der Waals surface area contributed by atoms with Gasteiger partial charge in [-0.2, -0.15) is 0 Å². The van der Waals surface area contributed by atoms with Crippen molar-refractivity contribution in [3.05, 3.63) is 23.3 Å². The van der Waals surface area contributed by atoms with Crippen LogP contribution in [0.25, 0.3) is 0 Å². The summed E-state index contributed by atoms with van der Waals surface area (Å²) in [7, 11) is 3.53. The Balaban J connectivity index is 3.13. The van der Waals surface area contributed by atoms with Gasteiger partial charge < -0.3 is 15.1 Å². The standard InChI is InChI=1S/C13H19NO3/c1-4-5-9-6-7-10(15)12(13(9)17)11(16)8-14(2)3/h6-7,15,17H,4-5,8H2,1-3H3. The van der Waals surface area contributed by atoms with E-state index in [2.05, 4.69) is 0 Å². The highest BCUT2D eigenvalue weighted by Gasteiger charge is 2.19. The van der Waals surface area contributed by atoms with Gasteiger partial charge >= 0.3 is 0 Å². The Bertz CT molecular complexity index is 413. The van der Waals surface area contributed by atoms with Gasteiger partial charge in [0, 0.05) is 0 Å². The average Bonchev–Trinajstić information content (AvgIpc) is 2.21. The number of phenols is 2. The fourth-order valence-corrected chi connectivity index (χ4v) is 1.74. The van der Waals surface area contributed by atoms with E-state index in [-0.39, 0.29) is 29.4 Å². The number of likely N-dealkylation sites (N-methyl/N-ethyl adjacent to an activating group) is 1. The Kier molecular flexibility index (Phi) is 4.52. The molecule has 1 aromatic rings. The van der Waals surface area contributed by atoms with E-state index in [4.69, 9.17) is 0 Å². The van der Waals surface area contributed by atoms with Crippen molar-refractivity contribution >= 4 is 5.78 Å². The summed E-state index contributed by atoms with van der Waals surface area (Å²) in [5.74, 6) is -0.518. The first-order chi connectivity index (χ1) is 7.97. The molecule has 2 N–H and O–H groups in total. The molecule has 1 aromatic carbocycles. The molecule has 0 bridgehead atoms. The summed E-state index contributed by atoms with van der Waals surface area (Å²) in [6, 6.07) is 3.12. The maximum atomic E-state index is 11.9. The van der Waals surface area contributed by atoms with Gasteiger partial charge in [-0.25, -0.2) is 0 Å². The molecule has 0 radical (unpaired) electrons. The number of Topliss-reactive ketones (excluding diaryl/α,β-unsaturated/α-hetero) is 1. The van der Waals surface area contributed by atoms with Crippen molar-refractivity contribution in [2.45, 2.75) is 19.8 Å². The second-order valence-electron chi connectivity index (χ2n) is 4.38. The van der Waals surface area contributed by atoms with Crippen molar-refractivity contribution in [3.8, 4) is 11.5 Å². The lowest BCUT2D eigenvalue weighted by Gasteiger charge is -2.13. The summed E-state index contributed by atoms with van der Waals surface area (Å²) < 4.78 is 0. The minimum Gasteiger partial charge on any atom is -0.507 e. The normalized spacial score (nSPS) is 10.8. The molecule has 0 aliphatic carbocycles. The van der Waals surface area contributed by atoms with E-state index in [1.54, 1.807) is 25.1 Å². The lowest BCUT2D eigenvalue weighted by Crippen LogP contribution is -2.22. The van der Waals surface area contributed by atoms with E-state index >= 15 is 0 Å². The van der Waals surface area contributed by atoms with Crippen LogP contribution >= 0.6 is 0 Å². The van der Waals surface area contributed by atoms with Crippen LogP contribution in [0.3, 0.4) is 0 Å². The molecule has 4 heteroatoms. The summed E-state index contributed by atoms with van der Waals surface area (Å²) in [4.78, 5) is 13.6. The first-order valence-corrected chi connectivity index (χ1v) is 5.69. The Labute approximate surface area is 101 Å². The minimum absolute atomic E-state index is 0.0321. The molecule has 0 spiro atoms. The highest BCUT2D eigenvalue weighted by atomic mass is 16.3. The quantitative estimate of drug-likeness (QED) is 0.766. The van der Waals surface area contributed by atoms with Crippen molar-refractivity contribution in [2.75, 3.05) is 20.6 Å².